The van der Waals surface area contributed by atoms with E-state index in [4.69, 9.17) is 66.5 Å². The van der Waals surface area contributed by atoms with Crippen molar-refractivity contribution in [2.75, 3.05) is 0 Å². The van der Waals surface area contributed by atoms with Gasteiger partial charge < -0.3 is 0 Å². The minimum absolute atomic E-state index is 0.676. The van der Waals surface area contributed by atoms with Crippen LogP contribution in [-0.2, 0) is 0 Å². The van der Waals surface area contributed by atoms with Crippen LogP contribution in [0.1, 0.15) is 33.1 Å². The van der Waals surface area contributed by atoms with Crippen molar-refractivity contribution in [2.45, 2.75) is 37.8 Å². The first kappa shape index (κ1) is 16.2. The molecule has 0 aliphatic carbocycles. The van der Waals surface area contributed by atoms with E-state index in [1.807, 2.05) is 0 Å². The lowest BCUT2D eigenvalue weighted by molar-refractivity contribution is 0.650. The molecule has 0 aliphatic heterocycles. The molecule has 0 aromatic rings. The molecule has 0 N–H and O–H groups in total. The Morgan fingerprint density at radius 1 is 0.929 bits per heavy atom. The molecule has 0 rings (SSSR count). The molecule has 0 nitrogen and oxygen atoms in total. The van der Waals surface area contributed by atoms with Gasteiger partial charge in [0.05, 0.1) is 0 Å². The van der Waals surface area contributed by atoms with Crippen molar-refractivity contribution < 1.29 is 0 Å². The Morgan fingerprint density at radius 3 is 1.50 bits per heavy atom. The molecule has 0 radical (unpaired) electrons. The molecule has 0 saturated carbocycles. The fourth-order valence-corrected chi connectivity index (χ4v) is 16.5. The van der Waals surface area contributed by atoms with Crippen LogP contribution in [-0.4, -0.2) is 12.0 Å². The van der Waals surface area contributed by atoms with Crippen molar-refractivity contribution in [2.24, 2.45) is 0 Å². The number of halogens is 6. The maximum atomic E-state index is 6.01. The van der Waals surface area contributed by atoms with Crippen LogP contribution in [0.25, 0.3) is 0 Å². The van der Waals surface area contributed by atoms with E-state index in [0.29, 0.717) is 6.42 Å². The van der Waals surface area contributed by atoms with E-state index in [-0.39, 0.29) is 0 Å². The van der Waals surface area contributed by atoms with Gasteiger partial charge in [-0.15, -0.1) is 66.5 Å². The summed E-state index contributed by atoms with van der Waals surface area (Å²) in [4.78, 5) is 0. The van der Waals surface area contributed by atoms with Crippen molar-refractivity contribution in [1.82, 2.24) is 0 Å². The van der Waals surface area contributed by atoms with Crippen molar-refractivity contribution in [1.29, 1.82) is 0 Å². The van der Waals surface area contributed by atoms with Crippen LogP contribution in [0.3, 0.4) is 0 Å². The maximum absolute atomic E-state index is 6.01. The molecule has 86 valence electrons. The summed E-state index contributed by atoms with van der Waals surface area (Å²) in [5.41, 5.74) is 0. The first-order chi connectivity index (χ1) is 6.06. The molecule has 0 atom stereocenters. The fraction of sp³-hybridized carbons (Fsp3) is 1.00. The van der Waals surface area contributed by atoms with Gasteiger partial charge in [-0.3, -0.25) is 0 Å². The highest BCUT2D eigenvalue weighted by Crippen LogP contribution is 2.59. The summed E-state index contributed by atoms with van der Waals surface area (Å²) in [6.07, 6.45) is 2.59. The van der Waals surface area contributed by atoms with E-state index < -0.39 is 16.7 Å². The normalized spacial score (nSPS) is 14.6. The van der Waals surface area contributed by atoms with Gasteiger partial charge in [0.15, 0.2) is 0 Å². The summed E-state index contributed by atoms with van der Waals surface area (Å²) in [7, 11) is 0. The summed E-state index contributed by atoms with van der Waals surface area (Å²) in [5, 5.41) is 0. The molecule has 0 aromatic carbocycles. The highest BCUT2D eigenvalue weighted by atomic mass is 35.8. The molecule has 0 saturated heterocycles. The number of unbranched alkanes of at least 4 members (excludes halogenated alkanes) is 1. The van der Waals surface area contributed by atoms with Crippen molar-refractivity contribution in [3.05, 3.63) is 0 Å². The van der Waals surface area contributed by atoms with Crippen LogP contribution in [0.5, 0.6) is 0 Å². The van der Waals surface area contributed by atoms with E-state index in [2.05, 4.69) is 6.92 Å². The second-order valence-electron chi connectivity index (χ2n) is 3.43. The molecule has 0 aliphatic rings. The Morgan fingerprint density at radius 2 is 1.29 bits per heavy atom. The minimum Gasteiger partial charge on any atom is -0.126 e. The van der Waals surface area contributed by atoms with Crippen LogP contribution >= 0.6 is 66.5 Å². The van der Waals surface area contributed by atoms with Gasteiger partial charge in [0.2, 0.25) is 0 Å². The maximum Gasteiger partial charge on any atom is 0.347 e. The number of hydrogen-bond acceptors (Lipinski definition) is 0. The first-order valence-electron chi connectivity index (χ1n) is 4.19. The average Bonchev–Trinajstić information content (AvgIpc) is 1.95. The zero-order valence-electron chi connectivity index (χ0n) is 7.89. The Hall–Kier alpha value is 2.17. The minimum atomic E-state index is -3.00. The molecular weight excluding hydrogens is 341 g/mol. The standard InChI is InChI=1S/C6H12Cl6Si2/c1-3-4-5-6(2,13(7,8)9)14(10,11)12/h3-5H2,1-2H3. The molecule has 14 heavy (non-hydrogen) atoms. The predicted octanol–water partition coefficient (Wildman–Crippen LogP) is 5.79. The molecule has 0 amide bonds. The second-order valence-corrected chi connectivity index (χ2v) is 21.8. The third kappa shape index (κ3) is 3.88. The summed E-state index contributed by atoms with van der Waals surface area (Å²) in [6, 6.07) is -6.00. The van der Waals surface area contributed by atoms with Crippen LogP contribution in [0, 0.1) is 0 Å². The van der Waals surface area contributed by atoms with Gasteiger partial charge in [-0.1, -0.05) is 26.7 Å². The second kappa shape index (κ2) is 5.68. The lowest BCUT2D eigenvalue weighted by Crippen LogP contribution is -2.44. The van der Waals surface area contributed by atoms with Gasteiger partial charge in [-0.25, -0.2) is 0 Å². The fourth-order valence-electron chi connectivity index (χ4n) is 0.975. The SMILES string of the molecule is CCCCC(C)([Si](Cl)(Cl)Cl)[Si](Cl)(Cl)Cl. The Balaban J connectivity index is 4.87. The zero-order valence-corrected chi connectivity index (χ0v) is 14.4. The van der Waals surface area contributed by atoms with Crippen LogP contribution < -0.4 is 0 Å². The topological polar surface area (TPSA) is 0 Å². The smallest absolute Gasteiger partial charge is 0.126 e. The van der Waals surface area contributed by atoms with Gasteiger partial charge in [0.25, 0.3) is 0 Å². The molecule has 0 spiro atoms. The van der Waals surface area contributed by atoms with Gasteiger partial charge in [0, 0.05) is 4.66 Å². The molecule has 0 heterocycles. The van der Waals surface area contributed by atoms with Crippen molar-refractivity contribution in [3.8, 4) is 0 Å². The quantitative estimate of drug-likeness (QED) is 0.434. The summed E-state index contributed by atoms with van der Waals surface area (Å²) >= 11 is 36.1. The highest BCUT2D eigenvalue weighted by molar-refractivity contribution is 7.76. The Labute approximate surface area is 115 Å². The van der Waals surface area contributed by atoms with Gasteiger partial charge in [0.1, 0.15) is 0 Å². The zero-order chi connectivity index (χ0) is 11.6. The molecule has 0 bridgehead atoms. The Kier molecular flexibility index (Phi) is 6.56. The van der Waals surface area contributed by atoms with E-state index in [1.165, 1.54) is 0 Å². The van der Waals surface area contributed by atoms with E-state index >= 15 is 0 Å². The third-order valence-electron chi connectivity index (χ3n) is 2.28. The van der Waals surface area contributed by atoms with Crippen molar-refractivity contribution >= 4 is 78.5 Å². The van der Waals surface area contributed by atoms with E-state index in [1.54, 1.807) is 6.92 Å². The van der Waals surface area contributed by atoms with Crippen LogP contribution in [0.2, 0.25) is 4.66 Å². The van der Waals surface area contributed by atoms with E-state index in [9.17, 15) is 0 Å². The van der Waals surface area contributed by atoms with Crippen LogP contribution in [0.15, 0.2) is 0 Å². The summed E-state index contributed by atoms with van der Waals surface area (Å²) in [6.45, 7) is 3.85. The van der Waals surface area contributed by atoms with Crippen molar-refractivity contribution in [3.63, 3.8) is 0 Å². The van der Waals surface area contributed by atoms with E-state index in [0.717, 1.165) is 12.8 Å². The summed E-state index contributed by atoms with van der Waals surface area (Å²) < 4.78 is -0.703. The average molecular weight is 353 g/mol. The lowest BCUT2D eigenvalue weighted by atomic mass is 10.2. The monoisotopic (exact) mass is 350 g/mol. The summed E-state index contributed by atoms with van der Waals surface area (Å²) in [5.74, 6) is 0. The molecule has 0 unspecified atom stereocenters. The van der Waals surface area contributed by atoms with Gasteiger partial charge in [-0.2, -0.15) is 0 Å². The lowest BCUT2D eigenvalue weighted by Gasteiger charge is -2.38. The Bertz CT molecular complexity index is 170. The van der Waals surface area contributed by atoms with Gasteiger partial charge in [-0.05, 0) is 6.42 Å². The highest BCUT2D eigenvalue weighted by Gasteiger charge is 2.61. The predicted molar refractivity (Wildman–Crippen MR) is 74.5 cm³/mol. The molecule has 0 aromatic heterocycles. The number of hydrogen-bond donors (Lipinski definition) is 0. The molecule has 0 fully saturated rings. The van der Waals surface area contributed by atoms with Gasteiger partial charge >= 0.3 is 12.0 Å². The molecule has 8 heteroatoms. The number of rotatable bonds is 5. The molecular formula is C6H12Cl6Si2. The van der Waals surface area contributed by atoms with Crippen LogP contribution in [0.4, 0.5) is 0 Å². The first-order valence-corrected chi connectivity index (χ1v) is 14.3. The largest absolute Gasteiger partial charge is 0.347 e. The third-order valence-corrected chi connectivity index (χ3v) is 17.9.